The Labute approximate surface area is 202 Å². The summed E-state index contributed by atoms with van der Waals surface area (Å²) in [6.45, 7) is 0. The van der Waals surface area contributed by atoms with E-state index in [1.54, 1.807) is 31.5 Å². The molecular formula is C26H22N4O3S. The van der Waals surface area contributed by atoms with E-state index in [9.17, 15) is 9.90 Å². The minimum absolute atomic E-state index is 0.222. The number of pyridine rings is 1. The Hall–Kier alpha value is -4.17. The van der Waals surface area contributed by atoms with E-state index in [1.165, 1.54) is 0 Å². The Balaban J connectivity index is 1.69. The Kier molecular flexibility index (Phi) is 5.73. The fourth-order valence-electron chi connectivity index (χ4n) is 4.40. The maximum absolute atomic E-state index is 11.6. The van der Waals surface area contributed by atoms with Crippen molar-refractivity contribution < 1.29 is 14.6 Å². The molecule has 4 aromatic rings. The molecule has 2 atom stereocenters. The summed E-state index contributed by atoms with van der Waals surface area (Å²) in [7, 11) is 1.64. The van der Waals surface area contributed by atoms with Gasteiger partial charge in [0.2, 0.25) is 0 Å². The molecule has 0 unspecified atom stereocenters. The van der Waals surface area contributed by atoms with Crippen LogP contribution in [-0.2, 0) is 0 Å². The standard InChI is InChI=1S/C26H22N4O3S/c1-33-22-13-3-2-11-20(22)30-24(23(28-26(30)34)19-10-4-5-14-27-19)21-12-7-15-29(21)18-9-6-8-17(16-18)25(31)32/h2-16,23-24H,1H3,(H,28,34)(H,31,32)/t23-,24+/m0/s1. The van der Waals surface area contributed by atoms with Crippen LogP contribution < -0.4 is 15.0 Å². The minimum Gasteiger partial charge on any atom is -0.495 e. The molecule has 0 amide bonds. The van der Waals surface area contributed by atoms with Crippen LogP contribution in [0.4, 0.5) is 5.69 Å². The number of carboxylic acid groups (broad SMARTS) is 1. The van der Waals surface area contributed by atoms with Gasteiger partial charge in [0.15, 0.2) is 5.11 Å². The molecule has 3 heterocycles. The first kappa shape index (κ1) is 21.7. The number of rotatable bonds is 6. The van der Waals surface area contributed by atoms with Gasteiger partial charge < -0.3 is 24.6 Å². The number of benzene rings is 2. The lowest BCUT2D eigenvalue weighted by Crippen LogP contribution is -2.30. The summed E-state index contributed by atoms with van der Waals surface area (Å²) in [5.41, 5.74) is 3.58. The first-order valence-electron chi connectivity index (χ1n) is 10.7. The highest BCUT2D eigenvalue weighted by Crippen LogP contribution is 2.44. The summed E-state index contributed by atoms with van der Waals surface area (Å²) in [5, 5.41) is 13.5. The van der Waals surface area contributed by atoms with E-state index in [0.29, 0.717) is 10.9 Å². The molecule has 0 spiro atoms. The van der Waals surface area contributed by atoms with Crippen molar-refractivity contribution in [2.75, 3.05) is 12.0 Å². The van der Waals surface area contributed by atoms with Crippen molar-refractivity contribution in [1.29, 1.82) is 0 Å². The van der Waals surface area contributed by atoms with Gasteiger partial charge in [0.05, 0.1) is 30.1 Å². The van der Waals surface area contributed by atoms with Gasteiger partial charge in [0, 0.05) is 23.8 Å². The molecule has 2 aromatic heterocycles. The van der Waals surface area contributed by atoms with Gasteiger partial charge in [0.1, 0.15) is 11.8 Å². The fourth-order valence-corrected chi connectivity index (χ4v) is 4.74. The van der Waals surface area contributed by atoms with Crippen LogP contribution in [0.1, 0.15) is 33.8 Å². The monoisotopic (exact) mass is 470 g/mol. The van der Waals surface area contributed by atoms with E-state index in [4.69, 9.17) is 17.0 Å². The number of nitrogens with one attached hydrogen (secondary N) is 1. The summed E-state index contributed by atoms with van der Waals surface area (Å²) in [6, 6.07) is 23.9. The van der Waals surface area contributed by atoms with Crippen LogP contribution in [0.2, 0.25) is 0 Å². The highest BCUT2D eigenvalue weighted by molar-refractivity contribution is 7.80. The highest BCUT2D eigenvalue weighted by atomic mass is 32.1. The van der Waals surface area contributed by atoms with Gasteiger partial charge in [-0.25, -0.2) is 4.79 Å². The van der Waals surface area contributed by atoms with Crippen LogP contribution in [0.5, 0.6) is 5.75 Å². The molecule has 1 aliphatic heterocycles. The maximum atomic E-state index is 11.6. The van der Waals surface area contributed by atoms with Crippen LogP contribution >= 0.6 is 12.2 Å². The number of anilines is 1. The predicted molar refractivity (Wildman–Crippen MR) is 134 cm³/mol. The molecule has 0 bridgehead atoms. The second-order valence-corrected chi connectivity index (χ2v) is 8.21. The van der Waals surface area contributed by atoms with Gasteiger partial charge in [-0.3, -0.25) is 4.98 Å². The van der Waals surface area contributed by atoms with Crippen molar-refractivity contribution >= 4 is 29.0 Å². The first-order chi connectivity index (χ1) is 16.6. The molecule has 0 aliphatic carbocycles. The minimum atomic E-state index is -0.971. The van der Waals surface area contributed by atoms with E-state index >= 15 is 0 Å². The number of aromatic carboxylic acids is 1. The topological polar surface area (TPSA) is 79.6 Å². The highest BCUT2D eigenvalue weighted by Gasteiger charge is 2.43. The van der Waals surface area contributed by atoms with Gasteiger partial charge in [-0.1, -0.05) is 24.3 Å². The van der Waals surface area contributed by atoms with Crippen LogP contribution in [0.3, 0.4) is 0 Å². The third-order valence-corrected chi connectivity index (χ3v) is 6.21. The number of thiocarbonyl (C=S) groups is 1. The number of carboxylic acids is 1. The van der Waals surface area contributed by atoms with E-state index in [0.717, 1.165) is 22.8 Å². The van der Waals surface area contributed by atoms with Gasteiger partial charge in [-0.2, -0.15) is 0 Å². The Morgan fingerprint density at radius 3 is 2.65 bits per heavy atom. The zero-order valence-corrected chi connectivity index (χ0v) is 19.1. The predicted octanol–water partition coefficient (Wildman–Crippen LogP) is 4.76. The van der Waals surface area contributed by atoms with E-state index in [1.807, 2.05) is 76.3 Å². The number of hydrogen-bond acceptors (Lipinski definition) is 4. The normalized spacial score (nSPS) is 17.4. The average Bonchev–Trinajstić information content (AvgIpc) is 3.49. The number of methoxy groups -OCH3 is 1. The SMILES string of the molecule is COc1ccccc1N1C(=S)N[C@@H](c2ccccn2)[C@H]1c1cccn1-c1cccc(C(=O)O)c1. The Morgan fingerprint density at radius 2 is 1.88 bits per heavy atom. The molecule has 7 nitrogen and oxygen atoms in total. The maximum Gasteiger partial charge on any atom is 0.335 e. The smallest absolute Gasteiger partial charge is 0.335 e. The fraction of sp³-hybridized carbons (Fsp3) is 0.115. The number of nitrogens with zero attached hydrogens (tertiary/aromatic N) is 3. The van der Waals surface area contributed by atoms with Gasteiger partial charge in [-0.15, -0.1) is 0 Å². The van der Waals surface area contributed by atoms with Crippen LogP contribution in [0, 0.1) is 0 Å². The Morgan fingerprint density at radius 1 is 1.06 bits per heavy atom. The summed E-state index contributed by atoms with van der Waals surface area (Å²) >= 11 is 5.82. The van der Waals surface area contributed by atoms with Gasteiger partial charge >= 0.3 is 5.97 Å². The van der Waals surface area contributed by atoms with Crippen molar-refractivity contribution in [2.24, 2.45) is 0 Å². The Bertz CT molecular complexity index is 1350. The van der Waals surface area contributed by atoms with Gasteiger partial charge in [0.25, 0.3) is 0 Å². The van der Waals surface area contributed by atoms with Crippen LogP contribution in [-0.4, -0.2) is 32.8 Å². The van der Waals surface area contributed by atoms with Gasteiger partial charge in [-0.05, 0) is 66.8 Å². The first-order valence-corrected chi connectivity index (χ1v) is 11.1. The molecule has 0 saturated carbocycles. The number of hydrogen-bond donors (Lipinski definition) is 2. The zero-order chi connectivity index (χ0) is 23.7. The molecule has 1 fully saturated rings. The summed E-state index contributed by atoms with van der Waals surface area (Å²) < 4.78 is 7.64. The van der Waals surface area contributed by atoms with Crippen molar-refractivity contribution in [2.45, 2.75) is 12.1 Å². The molecule has 0 radical (unpaired) electrons. The molecule has 2 N–H and O–H groups in total. The molecule has 5 rings (SSSR count). The molecule has 1 saturated heterocycles. The lowest BCUT2D eigenvalue weighted by molar-refractivity contribution is 0.0697. The van der Waals surface area contributed by atoms with E-state index in [2.05, 4.69) is 10.3 Å². The second-order valence-electron chi connectivity index (χ2n) is 7.83. The lowest BCUT2D eigenvalue weighted by atomic mass is 10.0. The zero-order valence-electron chi connectivity index (χ0n) is 18.3. The van der Waals surface area contributed by atoms with Crippen molar-refractivity contribution in [3.05, 3.63) is 108 Å². The van der Waals surface area contributed by atoms with E-state index in [-0.39, 0.29) is 17.6 Å². The lowest BCUT2D eigenvalue weighted by Gasteiger charge is -2.30. The molecule has 8 heteroatoms. The van der Waals surface area contributed by atoms with Crippen molar-refractivity contribution in [3.63, 3.8) is 0 Å². The molecule has 170 valence electrons. The van der Waals surface area contributed by atoms with Crippen molar-refractivity contribution in [1.82, 2.24) is 14.9 Å². The second kappa shape index (κ2) is 8.99. The average molecular weight is 471 g/mol. The molecular weight excluding hydrogens is 448 g/mol. The summed E-state index contributed by atoms with van der Waals surface area (Å²) in [4.78, 5) is 18.2. The third kappa shape index (κ3) is 3.78. The number of carbonyl (C=O) groups is 1. The molecule has 2 aromatic carbocycles. The quantitative estimate of drug-likeness (QED) is 0.394. The largest absolute Gasteiger partial charge is 0.495 e. The van der Waals surface area contributed by atoms with Crippen LogP contribution in [0.25, 0.3) is 5.69 Å². The summed E-state index contributed by atoms with van der Waals surface area (Å²) in [6.07, 6.45) is 3.69. The van der Waals surface area contributed by atoms with E-state index < -0.39 is 5.97 Å². The third-order valence-electron chi connectivity index (χ3n) is 5.90. The van der Waals surface area contributed by atoms with Crippen LogP contribution in [0.15, 0.2) is 91.3 Å². The number of ether oxygens (including phenoxy) is 1. The molecule has 1 aliphatic rings. The molecule has 34 heavy (non-hydrogen) atoms. The summed E-state index contributed by atoms with van der Waals surface area (Å²) in [5.74, 6) is -0.273. The number of aromatic nitrogens is 2. The van der Waals surface area contributed by atoms with Crippen molar-refractivity contribution in [3.8, 4) is 11.4 Å². The number of para-hydroxylation sites is 2.